The van der Waals surface area contributed by atoms with Gasteiger partial charge >= 0.3 is 0 Å². The molecule has 0 aliphatic rings. The van der Waals surface area contributed by atoms with Crippen LogP contribution in [0.25, 0.3) is 0 Å². The van der Waals surface area contributed by atoms with Gasteiger partial charge in [0.25, 0.3) is 0 Å². The molecule has 1 heterocycles. The molecular formula is C9H14ClNO. The van der Waals surface area contributed by atoms with Gasteiger partial charge in [0.05, 0.1) is 12.8 Å². The fourth-order valence-corrected chi connectivity index (χ4v) is 1.20. The van der Waals surface area contributed by atoms with Gasteiger partial charge in [-0.3, -0.25) is 4.90 Å². The summed E-state index contributed by atoms with van der Waals surface area (Å²) in [6.45, 7) is 1.88. The summed E-state index contributed by atoms with van der Waals surface area (Å²) < 4.78 is 5.21. The van der Waals surface area contributed by atoms with Crippen molar-refractivity contribution in [3.63, 3.8) is 0 Å². The summed E-state index contributed by atoms with van der Waals surface area (Å²) in [5, 5.41) is 0. The van der Waals surface area contributed by atoms with Crippen LogP contribution in [0.3, 0.4) is 0 Å². The molecule has 0 saturated carbocycles. The van der Waals surface area contributed by atoms with Crippen LogP contribution in [-0.2, 0) is 6.54 Å². The van der Waals surface area contributed by atoms with Crippen LogP contribution in [0.5, 0.6) is 0 Å². The summed E-state index contributed by atoms with van der Waals surface area (Å²) in [5.41, 5.74) is 0. The van der Waals surface area contributed by atoms with Crippen LogP contribution in [0.1, 0.15) is 12.2 Å². The first-order valence-corrected chi connectivity index (χ1v) is 4.63. The van der Waals surface area contributed by atoms with Crippen molar-refractivity contribution in [2.45, 2.75) is 13.0 Å². The van der Waals surface area contributed by atoms with Crippen LogP contribution in [0, 0.1) is 0 Å². The van der Waals surface area contributed by atoms with E-state index in [4.69, 9.17) is 16.0 Å². The molecule has 0 amide bonds. The molecule has 0 atom stereocenters. The van der Waals surface area contributed by atoms with E-state index < -0.39 is 0 Å². The molecule has 2 nitrogen and oxygen atoms in total. The Labute approximate surface area is 78.1 Å². The molecule has 0 aromatic carbocycles. The molecule has 0 spiro atoms. The standard InChI is InChI=1S/C9H14ClNO/c1-11(6-3-5-10)8-9-4-2-7-12-9/h2,4,7H,3,5-6,8H2,1H3. The first-order chi connectivity index (χ1) is 5.83. The molecule has 68 valence electrons. The molecule has 12 heavy (non-hydrogen) atoms. The number of rotatable bonds is 5. The van der Waals surface area contributed by atoms with E-state index in [1.807, 2.05) is 12.1 Å². The lowest BCUT2D eigenvalue weighted by Crippen LogP contribution is -2.18. The summed E-state index contributed by atoms with van der Waals surface area (Å²) in [7, 11) is 2.06. The Bertz CT molecular complexity index is 198. The van der Waals surface area contributed by atoms with Gasteiger partial charge in [0.1, 0.15) is 5.76 Å². The highest BCUT2D eigenvalue weighted by Crippen LogP contribution is 2.03. The molecule has 0 fully saturated rings. The average molecular weight is 188 g/mol. The molecule has 1 aromatic heterocycles. The molecule has 0 aliphatic carbocycles. The molecular weight excluding hydrogens is 174 g/mol. The van der Waals surface area contributed by atoms with Crippen LogP contribution < -0.4 is 0 Å². The van der Waals surface area contributed by atoms with Crippen molar-refractivity contribution in [3.8, 4) is 0 Å². The minimum absolute atomic E-state index is 0.725. The second-order valence-corrected chi connectivity index (χ2v) is 3.24. The number of hydrogen-bond donors (Lipinski definition) is 0. The number of hydrogen-bond acceptors (Lipinski definition) is 2. The Morgan fingerprint density at radius 2 is 2.42 bits per heavy atom. The van der Waals surface area contributed by atoms with Crippen LogP contribution in [-0.4, -0.2) is 24.4 Å². The van der Waals surface area contributed by atoms with Gasteiger partial charge < -0.3 is 4.42 Å². The third-order valence-corrected chi connectivity index (χ3v) is 1.95. The third kappa shape index (κ3) is 3.28. The quantitative estimate of drug-likeness (QED) is 0.658. The van der Waals surface area contributed by atoms with Crippen LogP contribution in [0.2, 0.25) is 0 Å². The Hall–Kier alpha value is -0.470. The molecule has 0 N–H and O–H groups in total. The SMILES string of the molecule is CN(CCCCl)Cc1ccco1. The lowest BCUT2D eigenvalue weighted by atomic mass is 10.4. The first-order valence-electron chi connectivity index (χ1n) is 4.10. The maximum atomic E-state index is 5.58. The van der Waals surface area contributed by atoms with Gasteiger partial charge in [0.15, 0.2) is 0 Å². The molecule has 3 heteroatoms. The molecule has 0 bridgehead atoms. The highest BCUT2D eigenvalue weighted by Gasteiger charge is 2.00. The molecule has 0 aliphatic heterocycles. The third-order valence-electron chi connectivity index (χ3n) is 1.68. The fraction of sp³-hybridized carbons (Fsp3) is 0.556. The predicted molar refractivity (Wildman–Crippen MR) is 50.4 cm³/mol. The van der Waals surface area contributed by atoms with E-state index >= 15 is 0 Å². The Morgan fingerprint density at radius 3 is 3.00 bits per heavy atom. The Kier molecular flexibility index (Phi) is 4.19. The van der Waals surface area contributed by atoms with Crippen molar-refractivity contribution in [1.29, 1.82) is 0 Å². The van der Waals surface area contributed by atoms with Gasteiger partial charge in [-0.15, -0.1) is 11.6 Å². The van der Waals surface area contributed by atoms with Gasteiger partial charge in [-0.05, 0) is 32.1 Å². The summed E-state index contributed by atoms with van der Waals surface area (Å²) in [5.74, 6) is 1.73. The fourth-order valence-electron chi connectivity index (χ4n) is 1.08. The number of alkyl halides is 1. The van der Waals surface area contributed by atoms with E-state index in [1.165, 1.54) is 0 Å². The zero-order valence-electron chi connectivity index (χ0n) is 7.29. The average Bonchev–Trinajstić information content (AvgIpc) is 2.53. The topological polar surface area (TPSA) is 16.4 Å². The lowest BCUT2D eigenvalue weighted by Gasteiger charge is -2.13. The van der Waals surface area contributed by atoms with Crippen LogP contribution in [0.15, 0.2) is 22.8 Å². The zero-order valence-corrected chi connectivity index (χ0v) is 8.05. The van der Waals surface area contributed by atoms with Crippen molar-refractivity contribution in [3.05, 3.63) is 24.2 Å². The van der Waals surface area contributed by atoms with Gasteiger partial charge in [-0.25, -0.2) is 0 Å². The minimum atomic E-state index is 0.725. The summed E-state index contributed by atoms with van der Waals surface area (Å²) in [6, 6.07) is 3.89. The largest absolute Gasteiger partial charge is 0.468 e. The van der Waals surface area contributed by atoms with E-state index in [1.54, 1.807) is 6.26 Å². The van der Waals surface area contributed by atoms with Gasteiger partial charge in [0, 0.05) is 5.88 Å². The highest BCUT2D eigenvalue weighted by molar-refractivity contribution is 6.17. The molecule has 0 radical (unpaired) electrons. The lowest BCUT2D eigenvalue weighted by molar-refractivity contribution is 0.296. The molecule has 1 aromatic rings. The van der Waals surface area contributed by atoms with Crippen molar-refractivity contribution >= 4 is 11.6 Å². The summed E-state index contributed by atoms with van der Waals surface area (Å²) in [6.07, 6.45) is 2.73. The van der Waals surface area contributed by atoms with E-state index in [-0.39, 0.29) is 0 Å². The van der Waals surface area contributed by atoms with E-state index in [9.17, 15) is 0 Å². The predicted octanol–water partition coefficient (Wildman–Crippen LogP) is 2.34. The Morgan fingerprint density at radius 1 is 1.58 bits per heavy atom. The molecule has 0 saturated heterocycles. The monoisotopic (exact) mass is 187 g/mol. The van der Waals surface area contributed by atoms with Crippen molar-refractivity contribution < 1.29 is 4.42 Å². The van der Waals surface area contributed by atoms with Gasteiger partial charge in [-0.1, -0.05) is 0 Å². The second kappa shape index (κ2) is 5.22. The van der Waals surface area contributed by atoms with Crippen LogP contribution >= 0.6 is 11.6 Å². The Balaban J connectivity index is 2.22. The maximum Gasteiger partial charge on any atom is 0.117 e. The smallest absolute Gasteiger partial charge is 0.117 e. The number of nitrogens with zero attached hydrogens (tertiary/aromatic N) is 1. The van der Waals surface area contributed by atoms with Crippen LogP contribution in [0.4, 0.5) is 0 Å². The number of halogens is 1. The van der Waals surface area contributed by atoms with Gasteiger partial charge in [-0.2, -0.15) is 0 Å². The summed E-state index contributed by atoms with van der Waals surface area (Å²) >= 11 is 5.58. The molecule has 1 rings (SSSR count). The van der Waals surface area contributed by atoms with E-state index in [0.29, 0.717) is 0 Å². The normalized spacial score (nSPS) is 10.9. The zero-order chi connectivity index (χ0) is 8.81. The summed E-state index contributed by atoms with van der Waals surface area (Å²) in [4.78, 5) is 2.20. The van der Waals surface area contributed by atoms with E-state index in [0.717, 1.165) is 31.2 Å². The minimum Gasteiger partial charge on any atom is -0.468 e. The van der Waals surface area contributed by atoms with Crippen molar-refractivity contribution in [2.24, 2.45) is 0 Å². The van der Waals surface area contributed by atoms with E-state index in [2.05, 4.69) is 11.9 Å². The maximum absolute atomic E-state index is 5.58. The van der Waals surface area contributed by atoms with Crippen molar-refractivity contribution in [2.75, 3.05) is 19.5 Å². The number of furan rings is 1. The first kappa shape index (κ1) is 9.62. The van der Waals surface area contributed by atoms with Crippen molar-refractivity contribution in [1.82, 2.24) is 4.90 Å². The second-order valence-electron chi connectivity index (χ2n) is 2.86. The molecule has 0 unspecified atom stereocenters. The highest BCUT2D eigenvalue weighted by atomic mass is 35.5. The van der Waals surface area contributed by atoms with Gasteiger partial charge in [0.2, 0.25) is 0 Å².